The predicted octanol–water partition coefficient (Wildman–Crippen LogP) is 7.43. The Morgan fingerprint density at radius 1 is 1.20 bits per heavy atom. The number of oxazole rings is 1. The fourth-order valence-corrected chi connectivity index (χ4v) is 8.21. The lowest BCUT2D eigenvalue weighted by molar-refractivity contribution is 0.0919. The Bertz CT molecular complexity index is 1740. The molecule has 4 heterocycles. The van der Waals surface area contributed by atoms with Crippen molar-refractivity contribution in [3.8, 4) is 5.75 Å². The average molecular weight is 631 g/mol. The van der Waals surface area contributed by atoms with Crippen molar-refractivity contribution in [3.63, 3.8) is 0 Å². The second-order valence-corrected chi connectivity index (χ2v) is 15.5. The number of rotatable bonds is 10. The van der Waals surface area contributed by atoms with Gasteiger partial charge in [0.15, 0.2) is 9.84 Å². The van der Waals surface area contributed by atoms with Crippen LogP contribution >= 0.6 is 0 Å². The molecule has 2 aliphatic heterocycles. The van der Waals surface area contributed by atoms with Crippen molar-refractivity contribution in [2.24, 2.45) is 4.99 Å². The first-order chi connectivity index (χ1) is 21.3. The van der Waals surface area contributed by atoms with E-state index in [1.165, 1.54) is 6.26 Å². The van der Waals surface area contributed by atoms with E-state index >= 15 is 0 Å². The topological polar surface area (TPSA) is 128 Å². The monoisotopic (exact) mass is 630 g/mol. The van der Waals surface area contributed by atoms with E-state index in [2.05, 4.69) is 21.5 Å². The zero-order chi connectivity index (χ0) is 32.4. The number of aryl methyl sites for hydroxylation is 1. The number of ether oxygens (including phenoxy) is 2. The second kappa shape index (κ2) is 12.8. The number of nitrogens with one attached hydrogen (secondary N) is 1. The maximum absolute atomic E-state index is 13.9. The van der Waals surface area contributed by atoms with Crippen LogP contribution in [0, 0.1) is 5.41 Å². The van der Waals surface area contributed by atoms with Crippen molar-refractivity contribution in [1.29, 1.82) is 5.41 Å². The van der Waals surface area contributed by atoms with Crippen LogP contribution in [0.1, 0.15) is 88.6 Å². The summed E-state index contributed by atoms with van der Waals surface area (Å²) >= 11 is 0. The zero-order valence-electron chi connectivity index (χ0n) is 26.7. The zero-order valence-corrected chi connectivity index (χ0v) is 27.5. The molecule has 2 unspecified atom stereocenters. The van der Waals surface area contributed by atoms with Crippen LogP contribution in [0.3, 0.4) is 0 Å². The van der Waals surface area contributed by atoms with Crippen LogP contribution in [0.15, 0.2) is 58.9 Å². The van der Waals surface area contributed by atoms with Crippen LogP contribution in [0.25, 0.3) is 17.7 Å². The fraction of sp³-hybridized carbons (Fsp3) is 0.429. The molecular formula is C35H42N4O5S. The third-order valence-corrected chi connectivity index (χ3v) is 11.5. The van der Waals surface area contributed by atoms with Crippen LogP contribution in [0.5, 0.6) is 5.75 Å². The van der Waals surface area contributed by atoms with Gasteiger partial charge in [-0.3, -0.25) is 9.98 Å². The van der Waals surface area contributed by atoms with Crippen molar-refractivity contribution in [2.75, 3.05) is 0 Å². The standard InChI is InChI=1S/C35H42N4O5S/c1-7-8-31(36)35(5,6)45(40,41)26-12-11-25-19-24(10-14-29(25)44-34(3,4)20-26)9-13-28-33-27(15-16-37-28)23(2)30(21-39-33)43-22-32-38-17-18-42-32/h9-10,13-19,21,26,30,36H,2,7-8,11-12,20,22H2,1,3-6H3. The molecule has 238 valence electrons. The molecule has 1 N–H and O–H groups in total. The van der Waals surface area contributed by atoms with Gasteiger partial charge in [0.25, 0.3) is 0 Å². The van der Waals surface area contributed by atoms with Gasteiger partial charge in [-0.2, -0.15) is 0 Å². The first-order valence-corrected chi connectivity index (χ1v) is 16.9. The van der Waals surface area contributed by atoms with Crippen LogP contribution < -0.4 is 4.74 Å². The lowest BCUT2D eigenvalue weighted by Gasteiger charge is -2.37. The number of sulfone groups is 1. The van der Waals surface area contributed by atoms with Crippen LogP contribution in [-0.2, 0) is 27.6 Å². The third-order valence-electron chi connectivity index (χ3n) is 8.59. The largest absolute Gasteiger partial charge is 0.488 e. The molecule has 2 atom stereocenters. The summed E-state index contributed by atoms with van der Waals surface area (Å²) in [4.78, 5) is 13.3. The van der Waals surface area contributed by atoms with Crippen LogP contribution in [0.4, 0.5) is 5.69 Å². The van der Waals surface area contributed by atoms with Crippen molar-refractivity contribution < 1.29 is 22.3 Å². The number of aliphatic imine (C=N–C) groups is 1. The third kappa shape index (κ3) is 6.87. The van der Waals surface area contributed by atoms with Gasteiger partial charge < -0.3 is 19.3 Å². The van der Waals surface area contributed by atoms with Gasteiger partial charge >= 0.3 is 0 Å². The van der Waals surface area contributed by atoms with E-state index in [-0.39, 0.29) is 12.3 Å². The highest BCUT2D eigenvalue weighted by Gasteiger charge is 2.46. The number of hydrogen-bond donors (Lipinski definition) is 1. The van der Waals surface area contributed by atoms with E-state index in [1.807, 2.05) is 57.2 Å². The maximum Gasteiger partial charge on any atom is 0.219 e. The van der Waals surface area contributed by atoms with E-state index in [1.54, 1.807) is 32.5 Å². The predicted molar refractivity (Wildman–Crippen MR) is 179 cm³/mol. The van der Waals surface area contributed by atoms with Gasteiger partial charge in [0, 0.05) is 30.1 Å². The summed E-state index contributed by atoms with van der Waals surface area (Å²) in [6.07, 6.45) is 12.6. The molecule has 45 heavy (non-hydrogen) atoms. The molecule has 9 nitrogen and oxygen atoms in total. The summed E-state index contributed by atoms with van der Waals surface area (Å²) in [6, 6.07) is 7.87. The molecule has 3 aromatic rings. The summed E-state index contributed by atoms with van der Waals surface area (Å²) in [7, 11) is -3.65. The van der Waals surface area contributed by atoms with Gasteiger partial charge in [-0.25, -0.2) is 13.4 Å². The molecule has 0 radical (unpaired) electrons. The molecule has 0 amide bonds. The summed E-state index contributed by atoms with van der Waals surface area (Å²) in [6.45, 7) is 13.6. The fourth-order valence-electron chi connectivity index (χ4n) is 5.88. The minimum atomic E-state index is -3.65. The van der Waals surface area contributed by atoms with Crippen molar-refractivity contribution in [3.05, 3.63) is 77.8 Å². The van der Waals surface area contributed by atoms with Crippen LogP contribution in [-0.4, -0.2) is 52.0 Å². The number of nitrogens with zero attached hydrogens (tertiary/aromatic N) is 3. The first-order valence-electron chi connectivity index (χ1n) is 15.4. The van der Waals surface area contributed by atoms with Gasteiger partial charge in [-0.05, 0) is 87.9 Å². The number of pyridine rings is 1. The molecule has 0 bridgehead atoms. The van der Waals surface area contributed by atoms with Gasteiger partial charge in [-0.1, -0.05) is 32.1 Å². The molecular weight excluding hydrogens is 588 g/mol. The van der Waals surface area contributed by atoms with Crippen LogP contribution in [0.2, 0.25) is 0 Å². The Labute approximate surface area is 265 Å². The number of fused-ring (bicyclic) bond motifs is 2. The molecule has 2 aliphatic rings. The molecule has 0 saturated carbocycles. The van der Waals surface area contributed by atoms with Gasteiger partial charge in [0.1, 0.15) is 35.1 Å². The van der Waals surface area contributed by atoms with E-state index < -0.39 is 31.5 Å². The number of hydrogen-bond acceptors (Lipinski definition) is 9. The quantitative estimate of drug-likeness (QED) is 0.231. The van der Waals surface area contributed by atoms with Gasteiger partial charge in [0.05, 0.1) is 22.8 Å². The molecule has 0 aliphatic carbocycles. The average Bonchev–Trinajstić information content (AvgIpc) is 3.51. The lowest BCUT2D eigenvalue weighted by Crippen LogP contribution is -2.49. The normalized spacial score (nSPS) is 19.8. The van der Waals surface area contributed by atoms with E-state index in [4.69, 9.17) is 19.3 Å². The van der Waals surface area contributed by atoms with Crippen molar-refractivity contribution in [1.82, 2.24) is 9.97 Å². The summed E-state index contributed by atoms with van der Waals surface area (Å²) in [5, 5.41) is 7.88. The van der Waals surface area contributed by atoms with Gasteiger partial charge in [0.2, 0.25) is 5.89 Å². The summed E-state index contributed by atoms with van der Waals surface area (Å²) in [5.74, 6) is 1.25. The molecule has 0 fully saturated rings. The highest BCUT2D eigenvalue weighted by Crippen LogP contribution is 2.38. The molecule has 0 saturated heterocycles. The maximum atomic E-state index is 13.9. The highest BCUT2D eigenvalue weighted by molar-refractivity contribution is 7.94. The summed E-state index contributed by atoms with van der Waals surface area (Å²) < 4.78 is 44.2. The first kappa shape index (κ1) is 32.5. The van der Waals surface area contributed by atoms with Gasteiger partial charge in [-0.15, -0.1) is 0 Å². The van der Waals surface area contributed by atoms with E-state index in [0.29, 0.717) is 37.3 Å². The molecule has 1 aromatic carbocycles. The minimum absolute atomic E-state index is 0.210. The SMILES string of the molecule is C=C1c2ccnc(C=Cc3ccc4c(c3)CCC(S(=O)(=O)C(C)(C)C(=N)CCC)CC(C)(C)O4)c2N=CC1OCc1ncco1. The lowest BCUT2D eigenvalue weighted by atomic mass is 9.94. The Morgan fingerprint density at radius 3 is 2.73 bits per heavy atom. The molecule has 10 heteroatoms. The smallest absolute Gasteiger partial charge is 0.219 e. The Kier molecular flexibility index (Phi) is 9.28. The van der Waals surface area contributed by atoms with E-state index in [9.17, 15) is 8.42 Å². The number of benzene rings is 1. The molecule has 2 aromatic heterocycles. The second-order valence-electron chi connectivity index (χ2n) is 12.8. The Balaban J connectivity index is 1.35. The Morgan fingerprint density at radius 2 is 2.00 bits per heavy atom. The van der Waals surface area contributed by atoms with Crippen molar-refractivity contribution >= 4 is 45.2 Å². The molecule has 5 rings (SSSR count). The van der Waals surface area contributed by atoms with E-state index in [0.717, 1.165) is 40.1 Å². The summed E-state index contributed by atoms with van der Waals surface area (Å²) in [5.41, 5.74) is 4.51. The number of aromatic nitrogens is 2. The minimum Gasteiger partial charge on any atom is -0.488 e. The molecule has 0 spiro atoms. The Hall–Kier alpha value is -3.89. The van der Waals surface area contributed by atoms with Crippen molar-refractivity contribution in [2.45, 2.75) is 95.0 Å². The highest BCUT2D eigenvalue weighted by atomic mass is 32.2.